The SMILES string of the molecule is C[Si](C)(C)[Si-](CCC[Si]([Si](C)(C)C)([Si](C)(C)C)[Si](C)(C)C)[Si](C)(C)C. The predicted octanol–water partition coefficient (Wildman–Crippen LogP) is 7.40. The van der Waals surface area contributed by atoms with Crippen molar-refractivity contribution >= 4 is 52.4 Å². The fraction of sp³-hybridized carbons (Fsp3) is 1.00. The molecule has 0 saturated heterocycles. The third kappa shape index (κ3) is 6.25. The number of hydrogen-bond donors (Lipinski definition) is 0. The third-order valence-electron chi connectivity index (χ3n) is 6.63. The van der Waals surface area contributed by atoms with Gasteiger partial charge in [-0.3, -0.25) is 7.83 Å². The van der Waals surface area contributed by atoms with Crippen molar-refractivity contribution < 1.29 is 0 Å². The van der Waals surface area contributed by atoms with Gasteiger partial charge in [-0.05, 0) is 0 Å². The lowest BCUT2D eigenvalue weighted by atomic mass is 10.6. The Bertz CT molecular complexity index is 375. The zero-order valence-corrected chi connectivity index (χ0v) is 27.6. The predicted molar refractivity (Wildman–Crippen MR) is 142 cm³/mol. The van der Waals surface area contributed by atoms with E-state index >= 15 is 0 Å². The van der Waals surface area contributed by atoms with E-state index in [2.05, 4.69) is 98.2 Å². The molecule has 0 N–H and O–H groups in total. The Balaban J connectivity index is 5.74. The molecule has 7 heteroatoms. The van der Waals surface area contributed by atoms with Gasteiger partial charge in [0.05, 0.1) is 0 Å². The van der Waals surface area contributed by atoms with Crippen LogP contribution in [0.25, 0.3) is 0 Å². The molecule has 0 aromatic heterocycles. The van der Waals surface area contributed by atoms with Crippen LogP contribution in [0.2, 0.25) is 110 Å². The largest absolute Gasteiger partial charge is 0.254 e. The minimum atomic E-state index is -1.12. The van der Waals surface area contributed by atoms with Gasteiger partial charge in [0.2, 0.25) is 0 Å². The monoisotopic (exact) mass is 463 g/mol. The van der Waals surface area contributed by atoms with Gasteiger partial charge in [-0.15, -0.1) is 15.2 Å². The molecule has 0 aromatic rings. The smallest absolute Gasteiger partial charge is 0.0373 e. The van der Waals surface area contributed by atoms with Crippen molar-refractivity contribution in [3.63, 3.8) is 0 Å². The fourth-order valence-electron chi connectivity index (χ4n) is 6.91. The molecular formula is C18H51Si7-. The van der Waals surface area contributed by atoms with Crippen molar-refractivity contribution in [1.29, 1.82) is 0 Å². The Labute approximate surface area is 168 Å². The Morgan fingerprint density at radius 2 is 0.760 bits per heavy atom. The second kappa shape index (κ2) is 8.10. The minimum Gasteiger partial charge on any atom is -0.254 e. The molecule has 0 amide bonds. The molecule has 152 valence electrons. The van der Waals surface area contributed by atoms with Crippen molar-refractivity contribution in [3.05, 3.63) is 0 Å². The van der Waals surface area contributed by atoms with Crippen molar-refractivity contribution in [1.82, 2.24) is 0 Å². The van der Waals surface area contributed by atoms with Crippen LogP contribution in [0.15, 0.2) is 0 Å². The van der Waals surface area contributed by atoms with E-state index in [-0.39, 0.29) is 7.83 Å². The van der Waals surface area contributed by atoms with Gasteiger partial charge in [0, 0.05) is 29.4 Å². The van der Waals surface area contributed by atoms with Gasteiger partial charge < -0.3 is 0 Å². The quantitative estimate of drug-likeness (QED) is 0.312. The molecule has 0 saturated carbocycles. The number of hydrogen-bond acceptors (Lipinski definition) is 0. The summed E-state index contributed by atoms with van der Waals surface area (Å²) in [7, 11) is -5.20. The first-order valence-corrected chi connectivity index (χ1v) is 36.9. The van der Waals surface area contributed by atoms with Gasteiger partial charge in [-0.25, -0.2) is 0 Å². The first-order chi connectivity index (χ1) is 10.6. The van der Waals surface area contributed by atoms with E-state index in [1.54, 1.807) is 18.5 Å². The maximum absolute atomic E-state index is 2.76. The van der Waals surface area contributed by atoms with Gasteiger partial charge >= 0.3 is 0 Å². The van der Waals surface area contributed by atoms with Crippen LogP contribution in [0, 0.1) is 0 Å². The van der Waals surface area contributed by atoms with Crippen LogP contribution in [0.5, 0.6) is 0 Å². The van der Waals surface area contributed by atoms with Crippen LogP contribution < -0.4 is 0 Å². The molecule has 0 aliphatic rings. The summed E-state index contributed by atoms with van der Waals surface area (Å²) in [6.45, 7) is 39.8. The molecular weight excluding hydrogens is 413 g/mol. The molecule has 0 bridgehead atoms. The highest BCUT2D eigenvalue weighted by Crippen LogP contribution is 2.41. The lowest BCUT2D eigenvalue weighted by Gasteiger charge is -2.59. The third-order valence-corrected chi connectivity index (χ3v) is 112. The highest BCUT2D eigenvalue weighted by atomic mass is 29.9. The molecule has 0 spiro atoms. The first kappa shape index (κ1) is 26.5. The molecule has 0 atom stereocenters. The second-order valence-electron chi connectivity index (χ2n) is 13.5. The van der Waals surface area contributed by atoms with Gasteiger partial charge in [-0.2, -0.15) is 6.04 Å². The highest BCUT2D eigenvalue weighted by molar-refractivity contribution is 7.89. The molecule has 0 unspecified atom stereocenters. The van der Waals surface area contributed by atoms with Crippen molar-refractivity contribution in [2.75, 3.05) is 0 Å². The molecule has 0 aliphatic heterocycles. The van der Waals surface area contributed by atoms with E-state index in [9.17, 15) is 0 Å². The molecule has 0 radical (unpaired) electrons. The summed E-state index contributed by atoms with van der Waals surface area (Å²) in [6, 6.07) is 3.36. The first-order valence-electron chi connectivity index (χ1n) is 10.5. The summed E-state index contributed by atoms with van der Waals surface area (Å²) in [5, 5.41) is 0. The lowest BCUT2D eigenvalue weighted by Crippen LogP contribution is -2.82. The van der Waals surface area contributed by atoms with E-state index in [0.717, 1.165) is 0 Å². The molecule has 0 aliphatic carbocycles. The molecule has 0 heterocycles. The molecule has 0 fully saturated rings. The Morgan fingerprint density at radius 1 is 0.480 bits per heavy atom. The summed E-state index contributed by atoms with van der Waals surface area (Å²) in [4.78, 5) is 0. The normalized spacial score (nSPS) is 15.8. The highest BCUT2D eigenvalue weighted by Gasteiger charge is 2.60. The zero-order chi connectivity index (χ0) is 20.7. The van der Waals surface area contributed by atoms with Crippen molar-refractivity contribution in [2.45, 2.75) is 117 Å². The average Bonchev–Trinajstić information content (AvgIpc) is 2.18. The zero-order valence-electron chi connectivity index (χ0n) is 20.6. The summed E-state index contributed by atoms with van der Waals surface area (Å²) in [5.74, 6) is 0. The van der Waals surface area contributed by atoms with E-state index < -0.39 is 44.6 Å². The maximum Gasteiger partial charge on any atom is 0.0373 e. The summed E-state index contributed by atoms with van der Waals surface area (Å²) >= 11 is 0. The van der Waals surface area contributed by atoms with Crippen LogP contribution >= 0.6 is 0 Å². The minimum absolute atomic E-state index is 0.0863. The van der Waals surface area contributed by atoms with Crippen LogP contribution in [-0.2, 0) is 0 Å². The van der Waals surface area contributed by atoms with Crippen molar-refractivity contribution in [2.24, 2.45) is 0 Å². The maximum atomic E-state index is 2.76. The van der Waals surface area contributed by atoms with Crippen LogP contribution in [-0.4, -0.2) is 52.4 Å². The van der Waals surface area contributed by atoms with Crippen LogP contribution in [0.1, 0.15) is 6.42 Å². The summed E-state index contributed by atoms with van der Waals surface area (Å²) in [5.41, 5.74) is 0. The fourth-order valence-corrected chi connectivity index (χ4v) is 143. The Morgan fingerprint density at radius 3 is 0.960 bits per heavy atom. The van der Waals surface area contributed by atoms with E-state index in [1.165, 1.54) is 0 Å². The van der Waals surface area contributed by atoms with Gasteiger partial charge in [0.1, 0.15) is 0 Å². The van der Waals surface area contributed by atoms with Gasteiger partial charge in [0.25, 0.3) is 0 Å². The summed E-state index contributed by atoms with van der Waals surface area (Å²) in [6.07, 6.45) is 1.61. The second-order valence-corrected chi connectivity index (χ2v) is 79.6. The molecule has 25 heavy (non-hydrogen) atoms. The van der Waals surface area contributed by atoms with Gasteiger partial charge in [0.15, 0.2) is 0 Å². The van der Waals surface area contributed by atoms with E-state index in [1.807, 2.05) is 0 Å². The molecule has 0 aromatic carbocycles. The average molecular weight is 464 g/mol. The topological polar surface area (TPSA) is 0 Å². The van der Waals surface area contributed by atoms with Gasteiger partial charge in [-0.1, -0.05) is 111 Å². The van der Waals surface area contributed by atoms with E-state index in [4.69, 9.17) is 0 Å². The van der Waals surface area contributed by atoms with Crippen LogP contribution in [0.3, 0.4) is 0 Å². The number of rotatable bonds is 9. The molecule has 0 nitrogen and oxygen atoms in total. The van der Waals surface area contributed by atoms with Crippen LogP contribution in [0.4, 0.5) is 0 Å². The lowest BCUT2D eigenvalue weighted by molar-refractivity contribution is 1.05. The Hall–Kier alpha value is 1.52. The molecule has 0 rings (SSSR count). The van der Waals surface area contributed by atoms with E-state index in [0.29, 0.717) is 0 Å². The van der Waals surface area contributed by atoms with Crippen molar-refractivity contribution in [3.8, 4) is 0 Å². The standard InChI is InChI=1S/C18H51Si7/c1-20(2,3)19(21(4,5)6)17-16-18-25(22(7,8)9,23(10,11)12)24(13,14)15/h16-18H2,1-15H3/q-1. The summed E-state index contributed by atoms with van der Waals surface area (Å²) < 4.78 is 0. The Kier molecular flexibility index (Phi) is 8.59.